The summed E-state index contributed by atoms with van der Waals surface area (Å²) in [7, 11) is 0. The number of benzene rings is 2. The molecular formula is C26H30N4O5. The van der Waals surface area contributed by atoms with Crippen molar-refractivity contribution in [3.63, 3.8) is 0 Å². The van der Waals surface area contributed by atoms with Gasteiger partial charge < -0.3 is 25.2 Å². The first-order valence-electron chi connectivity index (χ1n) is 11.6. The van der Waals surface area contributed by atoms with Crippen molar-refractivity contribution in [3.05, 3.63) is 66.6 Å². The first kappa shape index (κ1) is 24.4. The quantitative estimate of drug-likeness (QED) is 0.412. The molecule has 0 radical (unpaired) electrons. The maximum absolute atomic E-state index is 13.2. The molecule has 3 N–H and O–H groups in total. The fraction of sp³-hybridized carbons (Fsp3) is 0.346. The van der Waals surface area contributed by atoms with Crippen LogP contribution in [0, 0.1) is 5.92 Å². The van der Waals surface area contributed by atoms with Crippen LogP contribution in [0.1, 0.15) is 20.3 Å². The number of ether oxygens (including phenoxy) is 1. The van der Waals surface area contributed by atoms with Crippen LogP contribution >= 0.6 is 0 Å². The molecule has 0 bridgehead atoms. The third-order valence-corrected chi connectivity index (χ3v) is 5.76. The lowest BCUT2D eigenvalue weighted by atomic mass is 10.0. The Bertz CT molecular complexity index is 1230. The molecule has 0 aliphatic carbocycles. The van der Waals surface area contributed by atoms with Crippen molar-refractivity contribution >= 4 is 28.4 Å². The zero-order valence-corrected chi connectivity index (χ0v) is 19.8. The van der Waals surface area contributed by atoms with Gasteiger partial charge in [0, 0.05) is 23.7 Å². The second-order valence-corrected chi connectivity index (χ2v) is 9.05. The van der Waals surface area contributed by atoms with Gasteiger partial charge in [-0.2, -0.15) is 5.10 Å². The number of aromatic nitrogens is 2. The number of aliphatic hydroxyl groups is 2. The van der Waals surface area contributed by atoms with E-state index in [1.807, 2.05) is 56.3 Å². The number of carbonyl (C=O) groups is 2. The van der Waals surface area contributed by atoms with E-state index in [1.165, 1.54) is 15.7 Å². The molecule has 2 atom stereocenters. The minimum Gasteiger partial charge on any atom is -0.459 e. The van der Waals surface area contributed by atoms with E-state index in [2.05, 4.69) is 10.4 Å². The van der Waals surface area contributed by atoms with Crippen LogP contribution < -0.4 is 10.1 Å². The largest absolute Gasteiger partial charge is 0.459 e. The summed E-state index contributed by atoms with van der Waals surface area (Å²) in [6, 6.07) is 14.5. The molecule has 0 saturated heterocycles. The Balaban J connectivity index is 1.46. The van der Waals surface area contributed by atoms with Gasteiger partial charge in [0.15, 0.2) is 5.82 Å². The molecule has 0 spiro atoms. The number of aliphatic hydroxyl groups excluding tert-OH is 2. The van der Waals surface area contributed by atoms with Gasteiger partial charge in [0.1, 0.15) is 17.6 Å². The van der Waals surface area contributed by atoms with E-state index in [-0.39, 0.29) is 37.4 Å². The van der Waals surface area contributed by atoms with E-state index in [4.69, 9.17) is 9.84 Å². The van der Waals surface area contributed by atoms with Crippen LogP contribution in [0.4, 0.5) is 5.82 Å². The van der Waals surface area contributed by atoms with Crippen LogP contribution in [0.15, 0.2) is 66.6 Å². The van der Waals surface area contributed by atoms with E-state index in [9.17, 15) is 14.7 Å². The van der Waals surface area contributed by atoms with Crippen LogP contribution in [0.25, 0.3) is 10.8 Å². The molecule has 3 aromatic rings. The van der Waals surface area contributed by atoms with Gasteiger partial charge in [-0.25, -0.2) is 0 Å². The Morgan fingerprint density at radius 2 is 1.94 bits per heavy atom. The summed E-state index contributed by atoms with van der Waals surface area (Å²) in [4.78, 5) is 27.6. The van der Waals surface area contributed by atoms with Crippen LogP contribution in [0.2, 0.25) is 0 Å². The third kappa shape index (κ3) is 5.87. The zero-order valence-electron chi connectivity index (χ0n) is 19.8. The van der Waals surface area contributed by atoms with E-state index < -0.39 is 12.1 Å². The number of rotatable bonds is 10. The number of amides is 2. The van der Waals surface area contributed by atoms with Gasteiger partial charge >= 0.3 is 0 Å². The van der Waals surface area contributed by atoms with Gasteiger partial charge in [-0.05, 0) is 23.8 Å². The maximum atomic E-state index is 13.2. The second kappa shape index (κ2) is 10.7. The van der Waals surface area contributed by atoms with Crippen molar-refractivity contribution in [1.29, 1.82) is 0 Å². The minimum absolute atomic E-state index is 0.102. The molecule has 2 aromatic carbocycles. The van der Waals surface area contributed by atoms with Crippen LogP contribution in [-0.2, 0) is 16.1 Å². The molecule has 1 aromatic heterocycles. The summed E-state index contributed by atoms with van der Waals surface area (Å²) in [6.45, 7) is 3.89. The Morgan fingerprint density at radius 1 is 1.17 bits per heavy atom. The van der Waals surface area contributed by atoms with E-state index in [1.54, 1.807) is 12.3 Å². The predicted octanol–water partition coefficient (Wildman–Crippen LogP) is 2.55. The number of fused-ring (bicyclic) bond motifs is 1. The Morgan fingerprint density at radius 3 is 2.71 bits per heavy atom. The SMILES string of the molecule is CC(C)C[C@@H](C(=O)Nc1ccn(C[C@@H](O)CO)n1)N1CC(Oc2cccc3ccccc23)=CC1=O. The average Bonchev–Trinajstić information content (AvgIpc) is 3.42. The average molecular weight is 479 g/mol. The highest BCUT2D eigenvalue weighted by molar-refractivity contribution is 6.00. The molecule has 1 aliphatic rings. The first-order valence-corrected chi connectivity index (χ1v) is 11.6. The van der Waals surface area contributed by atoms with Crippen molar-refractivity contribution in [2.75, 3.05) is 18.5 Å². The fourth-order valence-corrected chi connectivity index (χ4v) is 4.10. The first-order chi connectivity index (χ1) is 16.8. The molecule has 4 rings (SSSR count). The van der Waals surface area contributed by atoms with E-state index in [0.29, 0.717) is 23.7 Å². The summed E-state index contributed by atoms with van der Waals surface area (Å²) in [5.74, 6) is 0.983. The smallest absolute Gasteiger partial charge is 0.251 e. The van der Waals surface area contributed by atoms with Crippen molar-refractivity contribution in [2.24, 2.45) is 5.92 Å². The lowest BCUT2D eigenvalue weighted by Gasteiger charge is -2.28. The lowest BCUT2D eigenvalue weighted by Crippen LogP contribution is -2.46. The molecule has 9 heteroatoms. The summed E-state index contributed by atoms with van der Waals surface area (Å²) in [5, 5.41) is 27.6. The number of hydrogen-bond donors (Lipinski definition) is 3. The molecule has 1 aliphatic heterocycles. The Kier molecular flexibility index (Phi) is 7.48. The van der Waals surface area contributed by atoms with Crippen LogP contribution in [0.5, 0.6) is 5.75 Å². The molecule has 35 heavy (non-hydrogen) atoms. The van der Waals surface area contributed by atoms with E-state index >= 15 is 0 Å². The molecule has 2 heterocycles. The highest BCUT2D eigenvalue weighted by Crippen LogP contribution is 2.29. The molecule has 0 unspecified atom stereocenters. The Hall–Kier alpha value is -3.69. The summed E-state index contributed by atoms with van der Waals surface area (Å²) >= 11 is 0. The van der Waals surface area contributed by atoms with Crippen LogP contribution in [0.3, 0.4) is 0 Å². The maximum Gasteiger partial charge on any atom is 0.251 e. The van der Waals surface area contributed by atoms with Gasteiger partial charge in [-0.1, -0.05) is 50.2 Å². The van der Waals surface area contributed by atoms with Gasteiger partial charge in [-0.3, -0.25) is 14.3 Å². The molecule has 2 amide bonds. The summed E-state index contributed by atoms with van der Waals surface area (Å²) in [5.41, 5.74) is 0. The third-order valence-electron chi connectivity index (χ3n) is 5.76. The summed E-state index contributed by atoms with van der Waals surface area (Å²) in [6.07, 6.45) is 2.56. The minimum atomic E-state index is -0.944. The second-order valence-electron chi connectivity index (χ2n) is 9.05. The normalized spacial score (nSPS) is 15.4. The predicted molar refractivity (Wildman–Crippen MR) is 132 cm³/mol. The Labute approximate surface area is 203 Å². The standard InChI is InChI=1S/C26H30N4O5/c1-17(2)12-22(26(34)27-24-10-11-29(28-24)14-19(32)16-31)30-15-20(13-25(30)33)35-23-9-5-7-18-6-3-4-8-21(18)23/h3-11,13,17,19,22,31-32H,12,14-16H2,1-2H3,(H,27,28,34)/t19-,22+/m1/s1. The van der Waals surface area contributed by atoms with Crippen molar-refractivity contribution in [1.82, 2.24) is 14.7 Å². The van der Waals surface area contributed by atoms with E-state index in [0.717, 1.165) is 10.8 Å². The van der Waals surface area contributed by atoms with Crippen LogP contribution in [-0.4, -0.2) is 62.0 Å². The molecular weight excluding hydrogens is 448 g/mol. The topological polar surface area (TPSA) is 117 Å². The number of hydrogen-bond acceptors (Lipinski definition) is 6. The number of nitrogens with zero attached hydrogens (tertiary/aromatic N) is 3. The number of nitrogens with one attached hydrogen (secondary N) is 1. The van der Waals surface area contributed by atoms with Gasteiger partial charge in [0.05, 0.1) is 25.8 Å². The summed E-state index contributed by atoms with van der Waals surface area (Å²) < 4.78 is 7.54. The van der Waals surface area contributed by atoms with Crippen molar-refractivity contribution < 1.29 is 24.5 Å². The number of carbonyl (C=O) groups excluding carboxylic acids is 2. The molecule has 9 nitrogen and oxygen atoms in total. The molecule has 184 valence electrons. The monoisotopic (exact) mass is 478 g/mol. The van der Waals surface area contributed by atoms with Crippen molar-refractivity contribution in [2.45, 2.75) is 39.0 Å². The number of anilines is 1. The van der Waals surface area contributed by atoms with Gasteiger partial charge in [0.2, 0.25) is 5.91 Å². The zero-order chi connectivity index (χ0) is 24.9. The lowest BCUT2D eigenvalue weighted by molar-refractivity contribution is -0.133. The van der Waals surface area contributed by atoms with Gasteiger partial charge in [-0.15, -0.1) is 0 Å². The fourth-order valence-electron chi connectivity index (χ4n) is 4.10. The molecule has 0 saturated carbocycles. The molecule has 0 fully saturated rings. The van der Waals surface area contributed by atoms with Crippen molar-refractivity contribution in [3.8, 4) is 5.75 Å². The highest BCUT2D eigenvalue weighted by atomic mass is 16.5. The highest BCUT2D eigenvalue weighted by Gasteiger charge is 2.35. The van der Waals surface area contributed by atoms with Gasteiger partial charge in [0.25, 0.3) is 5.91 Å².